The van der Waals surface area contributed by atoms with Crippen LogP contribution in [0.1, 0.15) is 11.3 Å². The first-order valence-corrected chi connectivity index (χ1v) is 10.1. The van der Waals surface area contributed by atoms with Crippen LogP contribution < -0.4 is 5.43 Å². The van der Waals surface area contributed by atoms with E-state index in [4.69, 9.17) is 4.42 Å². The zero-order chi connectivity index (χ0) is 17.3. The third kappa shape index (κ3) is 6.04. The number of nitrogens with one attached hydrogen (secondary N) is 1. The van der Waals surface area contributed by atoms with E-state index in [1.165, 1.54) is 34.9 Å². The summed E-state index contributed by atoms with van der Waals surface area (Å²) in [6, 6.07) is 13.7. The van der Waals surface area contributed by atoms with Gasteiger partial charge < -0.3 is 4.42 Å². The molecule has 128 valence electrons. The first-order chi connectivity index (χ1) is 12.3. The largest absolute Gasteiger partial charge is 0.463 e. The fraction of sp³-hybridized carbons (Fsp3) is 0.125. The molecule has 0 spiro atoms. The number of thioether (sulfide) groups is 2. The summed E-state index contributed by atoms with van der Waals surface area (Å²) in [7, 11) is 0. The first-order valence-electron chi connectivity index (χ1n) is 7.28. The summed E-state index contributed by atoms with van der Waals surface area (Å²) < 4.78 is 6.73. The van der Waals surface area contributed by atoms with Crippen LogP contribution >= 0.6 is 34.9 Å². The number of hydrogen-bond donors (Lipinski definition) is 1. The molecule has 1 N–H and O–H groups in total. The Balaban J connectivity index is 1.40. The van der Waals surface area contributed by atoms with E-state index in [1.807, 2.05) is 18.2 Å². The zero-order valence-corrected chi connectivity index (χ0v) is 15.4. The Hall–Kier alpha value is -2.10. The van der Waals surface area contributed by atoms with Gasteiger partial charge in [0.2, 0.25) is 0 Å². The third-order valence-corrected chi connectivity index (χ3v) is 6.11. The van der Waals surface area contributed by atoms with Crippen molar-refractivity contribution in [2.45, 2.75) is 14.4 Å². The fourth-order valence-corrected chi connectivity index (χ4v) is 4.49. The topological polar surface area (TPSA) is 80.4 Å². The monoisotopic (exact) mass is 390 g/mol. The Bertz CT molecular complexity index is 819. The molecule has 1 amide bonds. The summed E-state index contributed by atoms with van der Waals surface area (Å²) in [5.74, 6) is 1.45. The summed E-state index contributed by atoms with van der Waals surface area (Å²) in [6.07, 6.45) is 2.99. The third-order valence-electron chi connectivity index (χ3n) is 2.84. The SMILES string of the molecule is O=C(CSc1nnc(SCc2ccccc2)s1)N/N=C/c1ccco1. The summed E-state index contributed by atoms with van der Waals surface area (Å²) in [5.41, 5.74) is 3.69. The maximum atomic E-state index is 11.7. The van der Waals surface area contributed by atoms with E-state index in [1.54, 1.807) is 30.2 Å². The predicted octanol–water partition coefficient (Wildman–Crippen LogP) is 3.67. The number of nitrogens with zero attached hydrogens (tertiary/aromatic N) is 3. The lowest BCUT2D eigenvalue weighted by Gasteiger charge is -1.97. The summed E-state index contributed by atoms with van der Waals surface area (Å²) in [6.45, 7) is 0. The van der Waals surface area contributed by atoms with Crippen LogP contribution in [0.3, 0.4) is 0 Å². The van der Waals surface area contributed by atoms with Gasteiger partial charge in [-0.1, -0.05) is 65.2 Å². The van der Waals surface area contributed by atoms with Gasteiger partial charge >= 0.3 is 0 Å². The Morgan fingerprint density at radius 2 is 1.96 bits per heavy atom. The minimum atomic E-state index is -0.207. The van der Waals surface area contributed by atoms with Gasteiger partial charge in [0, 0.05) is 5.75 Å². The summed E-state index contributed by atoms with van der Waals surface area (Å²) >= 11 is 4.47. The number of furan rings is 1. The average molecular weight is 391 g/mol. The number of carbonyl (C=O) groups excluding carboxylic acids is 1. The molecule has 0 unspecified atom stereocenters. The van der Waals surface area contributed by atoms with Gasteiger partial charge in [0.1, 0.15) is 5.76 Å². The number of benzene rings is 1. The maximum Gasteiger partial charge on any atom is 0.250 e. The minimum Gasteiger partial charge on any atom is -0.463 e. The van der Waals surface area contributed by atoms with Gasteiger partial charge in [-0.2, -0.15) is 5.10 Å². The van der Waals surface area contributed by atoms with Crippen LogP contribution in [0.5, 0.6) is 0 Å². The number of amides is 1. The van der Waals surface area contributed by atoms with E-state index in [-0.39, 0.29) is 11.7 Å². The van der Waals surface area contributed by atoms with Crippen LogP contribution in [-0.4, -0.2) is 28.1 Å². The van der Waals surface area contributed by atoms with E-state index in [2.05, 4.69) is 32.9 Å². The normalized spacial score (nSPS) is 11.0. The Morgan fingerprint density at radius 3 is 2.72 bits per heavy atom. The van der Waals surface area contributed by atoms with Crippen LogP contribution in [0.4, 0.5) is 0 Å². The molecule has 0 aliphatic heterocycles. The van der Waals surface area contributed by atoms with E-state index in [0.29, 0.717) is 5.76 Å². The second-order valence-electron chi connectivity index (χ2n) is 4.71. The van der Waals surface area contributed by atoms with Crippen molar-refractivity contribution in [1.82, 2.24) is 15.6 Å². The molecule has 3 aromatic rings. The van der Waals surface area contributed by atoms with Gasteiger partial charge in [0.05, 0.1) is 18.2 Å². The van der Waals surface area contributed by atoms with Gasteiger partial charge in [-0.05, 0) is 17.7 Å². The van der Waals surface area contributed by atoms with Gasteiger partial charge in [0.15, 0.2) is 8.68 Å². The lowest BCUT2D eigenvalue weighted by atomic mass is 10.2. The molecule has 1 aromatic carbocycles. The second-order valence-corrected chi connectivity index (χ2v) is 8.13. The lowest BCUT2D eigenvalue weighted by molar-refractivity contribution is -0.118. The van der Waals surface area contributed by atoms with Gasteiger partial charge in [-0.25, -0.2) is 5.43 Å². The predicted molar refractivity (Wildman–Crippen MR) is 101 cm³/mol. The van der Waals surface area contributed by atoms with Crippen LogP contribution in [0.15, 0.2) is 66.9 Å². The minimum absolute atomic E-state index is 0.207. The molecule has 0 saturated carbocycles. The Labute approximate surface area is 157 Å². The first kappa shape index (κ1) is 17.7. The molecule has 9 heteroatoms. The smallest absolute Gasteiger partial charge is 0.250 e. The van der Waals surface area contributed by atoms with E-state index >= 15 is 0 Å². The molecule has 0 atom stereocenters. The number of hydrazone groups is 1. The quantitative estimate of drug-likeness (QED) is 0.359. The van der Waals surface area contributed by atoms with Crippen molar-refractivity contribution in [3.05, 3.63) is 60.1 Å². The highest BCUT2D eigenvalue weighted by Gasteiger charge is 2.08. The Morgan fingerprint density at radius 1 is 1.16 bits per heavy atom. The highest BCUT2D eigenvalue weighted by Crippen LogP contribution is 2.30. The molecular formula is C16H14N4O2S3. The average Bonchev–Trinajstić information content (AvgIpc) is 3.31. The maximum absolute atomic E-state index is 11.7. The lowest BCUT2D eigenvalue weighted by Crippen LogP contribution is -2.19. The number of rotatable bonds is 8. The highest BCUT2D eigenvalue weighted by molar-refractivity contribution is 8.03. The van der Waals surface area contributed by atoms with Crippen molar-refractivity contribution < 1.29 is 9.21 Å². The van der Waals surface area contributed by atoms with E-state index in [0.717, 1.165) is 14.4 Å². The molecular weight excluding hydrogens is 376 g/mol. The van der Waals surface area contributed by atoms with Crippen LogP contribution in [0.25, 0.3) is 0 Å². The molecule has 0 fully saturated rings. The van der Waals surface area contributed by atoms with Crippen molar-refractivity contribution in [1.29, 1.82) is 0 Å². The molecule has 25 heavy (non-hydrogen) atoms. The number of hydrogen-bond acceptors (Lipinski definition) is 8. The van der Waals surface area contributed by atoms with Crippen molar-refractivity contribution in [2.24, 2.45) is 5.10 Å². The number of aromatic nitrogens is 2. The molecule has 0 aliphatic rings. The van der Waals surface area contributed by atoms with Crippen LogP contribution in [0.2, 0.25) is 0 Å². The summed E-state index contributed by atoms with van der Waals surface area (Å²) in [5, 5.41) is 12.1. The van der Waals surface area contributed by atoms with E-state index < -0.39 is 0 Å². The van der Waals surface area contributed by atoms with Crippen LogP contribution in [-0.2, 0) is 10.5 Å². The molecule has 2 aromatic heterocycles. The molecule has 0 saturated heterocycles. The van der Waals surface area contributed by atoms with Gasteiger partial charge in [-0.15, -0.1) is 10.2 Å². The van der Waals surface area contributed by atoms with Gasteiger partial charge in [0.25, 0.3) is 5.91 Å². The Kier molecular flexibility index (Phi) is 6.66. The molecule has 0 radical (unpaired) electrons. The van der Waals surface area contributed by atoms with Crippen molar-refractivity contribution >= 4 is 47.0 Å². The van der Waals surface area contributed by atoms with Crippen molar-refractivity contribution in [3.63, 3.8) is 0 Å². The molecule has 0 aliphatic carbocycles. The van der Waals surface area contributed by atoms with Crippen molar-refractivity contribution in [2.75, 3.05) is 5.75 Å². The number of carbonyl (C=O) groups is 1. The van der Waals surface area contributed by atoms with Gasteiger partial charge in [-0.3, -0.25) is 4.79 Å². The fourth-order valence-electron chi connectivity index (χ4n) is 1.73. The molecule has 6 nitrogen and oxygen atoms in total. The molecule has 0 bridgehead atoms. The standard InChI is InChI=1S/C16H14N4O2S3/c21-14(18-17-9-13-7-4-8-22-13)11-24-16-20-19-15(25-16)23-10-12-5-2-1-3-6-12/h1-9H,10-11H2,(H,18,21)/b17-9+. The van der Waals surface area contributed by atoms with Crippen LogP contribution in [0, 0.1) is 0 Å². The highest BCUT2D eigenvalue weighted by atomic mass is 32.2. The summed E-state index contributed by atoms with van der Waals surface area (Å²) in [4.78, 5) is 11.7. The van der Waals surface area contributed by atoms with E-state index in [9.17, 15) is 4.79 Å². The second kappa shape index (κ2) is 9.40. The molecule has 3 rings (SSSR count). The molecule has 2 heterocycles. The van der Waals surface area contributed by atoms with Crippen molar-refractivity contribution in [3.8, 4) is 0 Å². The zero-order valence-electron chi connectivity index (χ0n) is 13.0.